The van der Waals surface area contributed by atoms with Gasteiger partial charge in [0.1, 0.15) is 6.54 Å². The number of hydrogen-bond acceptors (Lipinski definition) is 4. The summed E-state index contributed by atoms with van der Waals surface area (Å²) in [6.45, 7) is 1.56. The van der Waals surface area contributed by atoms with Crippen molar-refractivity contribution in [3.05, 3.63) is 0 Å². The molecule has 0 unspecified atom stereocenters. The second-order valence-corrected chi connectivity index (χ2v) is 2.64. The number of nitrogens with zero attached hydrogens (tertiary/aromatic N) is 1. The molecule has 86 valence electrons. The van der Waals surface area contributed by atoms with E-state index in [2.05, 4.69) is 21.3 Å². The van der Waals surface area contributed by atoms with Gasteiger partial charge in [-0.2, -0.15) is 0 Å². The van der Waals surface area contributed by atoms with E-state index in [0.717, 1.165) is 4.90 Å². The lowest BCUT2D eigenvalue weighted by Crippen LogP contribution is -2.36. The molecule has 0 aliphatic carbocycles. The van der Waals surface area contributed by atoms with E-state index in [9.17, 15) is 9.59 Å². The normalized spacial score (nSPS) is 8.44. The van der Waals surface area contributed by atoms with Gasteiger partial charge in [-0.3, -0.25) is 9.69 Å². The summed E-state index contributed by atoms with van der Waals surface area (Å²) in [6, 6.07) is 0. The number of rotatable bonds is 5. The van der Waals surface area contributed by atoms with Gasteiger partial charge in [0, 0.05) is 6.54 Å². The largest absolute Gasteiger partial charge is 0.451 e. The van der Waals surface area contributed by atoms with E-state index >= 15 is 0 Å². The number of likely N-dealkylation sites (N-methyl/N-ethyl adjacent to an activating group) is 1. The molecular weight excluding hydrogens is 210 g/mol. The molecule has 0 bridgehead atoms. The third-order valence-electron chi connectivity index (χ3n) is 1.56. The van der Waals surface area contributed by atoms with E-state index in [1.165, 1.54) is 0 Å². The first-order chi connectivity index (χ1) is 7.65. The highest BCUT2D eigenvalue weighted by molar-refractivity contribution is 5.78. The zero-order valence-electron chi connectivity index (χ0n) is 9.06. The Morgan fingerprint density at radius 1 is 1.19 bits per heavy atom. The maximum Gasteiger partial charge on any atom is 0.411 e. The molecule has 0 spiro atoms. The molecule has 0 heterocycles. The molecule has 1 amide bonds. The molecule has 0 fully saturated rings. The van der Waals surface area contributed by atoms with Gasteiger partial charge in [-0.25, -0.2) is 4.79 Å². The van der Waals surface area contributed by atoms with E-state index in [-0.39, 0.29) is 19.8 Å². The van der Waals surface area contributed by atoms with Crippen LogP contribution in [0.3, 0.4) is 0 Å². The number of carbonyl (C=O) groups is 2. The first-order valence-corrected chi connectivity index (χ1v) is 4.60. The first-order valence-electron chi connectivity index (χ1n) is 4.60. The summed E-state index contributed by atoms with van der Waals surface area (Å²) in [5, 5.41) is 0. The highest BCUT2D eigenvalue weighted by atomic mass is 16.6. The number of ether oxygens (including phenoxy) is 2. The molecule has 0 atom stereocenters. The molecule has 0 saturated carbocycles. The molecule has 0 aliphatic heterocycles. The number of amides is 1. The van der Waals surface area contributed by atoms with Crippen molar-refractivity contribution < 1.29 is 19.1 Å². The second kappa shape index (κ2) is 8.19. The zero-order valence-corrected chi connectivity index (χ0v) is 9.06. The van der Waals surface area contributed by atoms with Crippen molar-refractivity contribution in [2.75, 3.05) is 26.3 Å². The molecule has 0 aromatic rings. The monoisotopic (exact) mass is 223 g/mol. The quantitative estimate of drug-likeness (QED) is 0.495. The molecule has 0 aromatic heterocycles. The summed E-state index contributed by atoms with van der Waals surface area (Å²) in [6.07, 6.45) is 9.18. The fourth-order valence-electron chi connectivity index (χ4n) is 0.824. The van der Waals surface area contributed by atoms with Crippen molar-refractivity contribution in [3.63, 3.8) is 0 Å². The Labute approximate surface area is 94.7 Å². The van der Waals surface area contributed by atoms with Crippen LogP contribution in [0, 0.1) is 24.7 Å². The Bertz CT molecular complexity index is 324. The summed E-state index contributed by atoms with van der Waals surface area (Å²) >= 11 is 0. The number of hydrogen-bond donors (Lipinski definition) is 0. The van der Waals surface area contributed by atoms with Gasteiger partial charge in [-0.15, -0.1) is 12.8 Å². The summed E-state index contributed by atoms with van der Waals surface area (Å²) in [7, 11) is 0. The van der Waals surface area contributed by atoms with Crippen molar-refractivity contribution >= 4 is 12.1 Å². The lowest BCUT2D eigenvalue weighted by Gasteiger charge is -2.18. The molecule has 0 N–H and O–H groups in total. The molecule has 16 heavy (non-hydrogen) atoms. The fraction of sp³-hybridized carbons (Fsp3) is 0.455. The van der Waals surface area contributed by atoms with E-state index in [1.807, 2.05) is 0 Å². The standard InChI is InChI=1S/C11H13NO4/c1-4-7-15-10(13)9-12(6-3)11(14)16-8-5-2/h1-2H,6-9H2,3H3. The van der Waals surface area contributed by atoms with Gasteiger partial charge in [0.2, 0.25) is 0 Å². The maximum atomic E-state index is 11.3. The van der Waals surface area contributed by atoms with Crippen LogP contribution in [0.15, 0.2) is 0 Å². The number of terminal acetylenes is 2. The number of esters is 1. The van der Waals surface area contributed by atoms with Crippen LogP contribution in [0.2, 0.25) is 0 Å². The van der Waals surface area contributed by atoms with E-state index < -0.39 is 12.1 Å². The Morgan fingerprint density at radius 3 is 2.25 bits per heavy atom. The van der Waals surface area contributed by atoms with Crippen molar-refractivity contribution in [2.45, 2.75) is 6.92 Å². The van der Waals surface area contributed by atoms with Crippen LogP contribution in [0.5, 0.6) is 0 Å². The third kappa shape index (κ3) is 5.56. The highest BCUT2D eigenvalue weighted by Crippen LogP contribution is 1.95. The van der Waals surface area contributed by atoms with Gasteiger partial charge < -0.3 is 9.47 Å². The second-order valence-electron chi connectivity index (χ2n) is 2.64. The van der Waals surface area contributed by atoms with Crippen LogP contribution in [0.4, 0.5) is 4.79 Å². The Balaban J connectivity index is 4.10. The third-order valence-corrected chi connectivity index (χ3v) is 1.56. The van der Waals surface area contributed by atoms with E-state index in [1.54, 1.807) is 6.92 Å². The zero-order chi connectivity index (χ0) is 12.4. The predicted octanol–water partition coefficient (Wildman–Crippen LogP) is 0.254. The van der Waals surface area contributed by atoms with Crippen molar-refractivity contribution in [2.24, 2.45) is 0 Å². The Morgan fingerprint density at radius 2 is 1.75 bits per heavy atom. The molecule has 5 nitrogen and oxygen atoms in total. The average molecular weight is 223 g/mol. The fourth-order valence-corrected chi connectivity index (χ4v) is 0.824. The first kappa shape index (κ1) is 13.9. The van der Waals surface area contributed by atoms with Crippen molar-refractivity contribution in [3.8, 4) is 24.7 Å². The number of carbonyl (C=O) groups excluding carboxylic acids is 2. The molecule has 5 heteroatoms. The van der Waals surface area contributed by atoms with Crippen LogP contribution in [-0.2, 0) is 14.3 Å². The minimum atomic E-state index is -0.655. The lowest BCUT2D eigenvalue weighted by atomic mass is 10.5. The summed E-state index contributed by atoms with van der Waals surface area (Å²) in [5.41, 5.74) is 0. The van der Waals surface area contributed by atoms with E-state index in [0.29, 0.717) is 6.54 Å². The van der Waals surface area contributed by atoms with Crippen LogP contribution >= 0.6 is 0 Å². The lowest BCUT2D eigenvalue weighted by molar-refractivity contribution is -0.143. The topological polar surface area (TPSA) is 55.8 Å². The molecule has 0 rings (SSSR count). The van der Waals surface area contributed by atoms with E-state index in [4.69, 9.17) is 12.8 Å². The molecular formula is C11H13NO4. The van der Waals surface area contributed by atoms with Gasteiger partial charge >= 0.3 is 12.1 Å². The molecule has 0 saturated heterocycles. The molecule has 0 aliphatic rings. The van der Waals surface area contributed by atoms with Gasteiger partial charge in [-0.05, 0) is 6.92 Å². The molecule has 0 aromatic carbocycles. The Hall–Kier alpha value is -2.14. The average Bonchev–Trinajstić information content (AvgIpc) is 2.30. The van der Waals surface area contributed by atoms with Crippen molar-refractivity contribution in [1.82, 2.24) is 4.90 Å². The summed E-state index contributed by atoms with van der Waals surface area (Å²) in [5.74, 6) is 3.72. The van der Waals surface area contributed by atoms with Crippen LogP contribution < -0.4 is 0 Å². The smallest absolute Gasteiger partial charge is 0.411 e. The summed E-state index contributed by atoms with van der Waals surface area (Å²) in [4.78, 5) is 23.6. The van der Waals surface area contributed by atoms with Gasteiger partial charge in [0.25, 0.3) is 0 Å². The van der Waals surface area contributed by atoms with Crippen LogP contribution in [-0.4, -0.2) is 43.3 Å². The maximum absolute atomic E-state index is 11.3. The predicted molar refractivity (Wildman–Crippen MR) is 57.2 cm³/mol. The minimum Gasteiger partial charge on any atom is -0.451 e. The van der Waals surface area contributed by atoms with Crippen LogP contribution in [0.25, 0.3) is 0 Å². The SMILES string of the molecule is C#CCOC(=O)CN(CC)C(=O)OCC#C. The summed E-state index contributed by atoms with van der Waals surface area (Å²) < 4.78 is 9.27. The molecule has 0 radical (unpaired) electrons. The van der Waals surface area contributed by atoms with Gasteiger partial charge in [0.05, 0.1) is 0 Å². The Kier molecular flexibility index (Phi) is 7.10. The minimum absolute atomic E-state index is 0.115. The van der Waals surface area contributed by atoms with Gasteiger partial charge in [-0.1, -0.05) is 11.8 Å². The highest BCUT2D eigenvalue weighted by Gasteiger charge is 2.16. The van der Waals surface area contributed by atoms with Gasteiger partial charge in [0.15, 0.2) is 13.2 Å². The van der Waals surface area contributed by atoms with Crippen LogP contribution in [0.1, 0.15) is 6.92 Å². The van der Waals surface area contributed by atoms with Crippen molar-refractivity contribution in [1.29, 1.82) is 0 Å².